The predicted molar refractivity (Wildman–Crippen MR) is 76.0 cm³/mol. The summed E-state index contributed by atoms with van der Waals surface area (Å²) in [7, 11) is 0. The molecule has 0 radical (unpaired) electrons. The number of carbonyl (C=O) groups excluding carboxylic acids is 1. The fraction of sp³-hybridized carbons (Fsp3) is 0.571. The first-order valence-electron chi connectivity index (χ1n) is 6.75. The number of piperidine rings is 1. The van der Waals surface area contributed by atoms with Gasteiger partial charge in [0.05, 0.1) is 5.56 Å². The molecule has 1 saturated heterocycles. The van der Waals surface area contributed by atoms with Crippen molar-refractivity contribution in [3.05, 3.63) is 23.4 Å². The maximum absolute atomic E-state index is 11.5. The summed E-state index contributed by atoms with van der Waals surface area (Å²) in [6.07, 6.45) is 1.07. The van der Waals surface area contributed by atoms with Crippen molar-refractivity contribution in [3.8, 4) is 0 Å². The Hall–Kier alpha value is -1.62. The van der Waals surface area contributed by atoms with Crippen LogP contribution in [0.5, 0.6) is 0 Å². The second kappa shape index (κ2) is 5.57. The van der Waals surface area contributed by atoms with Crippen LogP contribution >= 0.6 is 0 Å². The highest BCUT2D eigenvalue weighted by Gasteiger charge is 2.27. The highest BCUT2D eigenvalue weighted by molar-refractivity contribution is 5.97. The summed E-state index contributed by atoms with van der Waals surface area (Å²) < 4.78 is 0. The number of pyridine rings is 1. The smallest absolute Gasteiger partial charge is 0.252 e. The standard InChI is InChI=1S/C14H22N4O/c1-9-5-6-18(8-11(9)7-15)14-12(13(16)19)4-3-10(2)17-14/h3-4,9,11H,5-8,15H2,1-2H3,(H2,16,19). The molecule has 1 aromatic heterocycles. The largest absolute Gasteiger partial charge is 0.365 e. The normalized spacial score (nSPS) is 23.4. The zero-order chi connectivity index (χ0) is 14.0. The summed E-state index contributed by atoms with van der Waals surface area (Å²) in [4.78, 5) is 18.2. The van der Waals surface area contributed by atoms with Crippen molar-refractivity contribution in [2.45, 2.75) is 20.3 Å². The molecule has 104 valence electrons. The van der Waals surface area contributed by atoms with Gasteiger partial charge in [-0.1, -0.05) is 6.92 Å². The van der Waals surface area contributed by atoms with E-state index < -0.39 is 5.91 Å². The van der Waals surface area contributed by atoms with E-state index in [2.05, 4.69) is 16.8 Å². The van der Waals surface area contributed by atoms with Crippen molar-refractivity contribution in [2.24, 2.45) is 23.3 Å². The summed E-state index contributed by atoms with van der Waals surface area (Å²) in [5, 5.41) is 0. The van der Waals surface area contributed by atoms with Gasteiger partial charge in [0.15, 0.2) is 0 Å². The highest BCUT2D eigenvalue weighted by Crippen LogP contribution is 2.27. The molecule has 2 unspecified atom stereocenters. The summed E-state index contributed by atoms with van der Waals surface area (Å²) in [6.45, 7) is 6.55. The van der Waals surface area contributed by atoms with E-state index in [1.165, 1.54) is 0 Å². The topological polar surface area (TPSA) is 85.2 Å². The van der Waals surface area contributed by atoms with E-state index in [0.29, 0.717) is 29.8 Å². The molecule has 5 heteroatoms. The molecule has 1 aliphatic rings. The Balaban J connectivity index is 2.31. The molecule has 0 bridgehead atoms. The monoisotopic (exact) mass is 262 g/mol. The van der Waals surface area contributed by atoms with Crippen LogP contribution in [-0.4, -0.2) is 30.5 Å². The lowest BCUT2D eigenvalue weighted by Gasteiger charge is -2.37. The summed E-state index contributed by atoms with van der Waals surface area (Å²) in [5.41, 5.74) is 12.6. The van der Waals surface area contributed by atoms with E-state index in [0.717, 1.165) is 25.2 Å². The lowest BCUT2D eigenvalue weighted by atomic mass is 9.87. The molecule has 0 saturated carbocycles. The van der Waals surface area contributed by atoms with Gasteiger partial charge in [0.1, 0.15) is 5.82 Å². The molecule has 2 atom stereocenters. The van der Waals surface area contributed by atoms with Crippen LogP contribution in [0.2, 0.25) is 0 Å². The lowest BCUT2D eigenvalue weighted by molar-refractivity contribution is 0.1000. The highest BCUT2D eigenvalue weighted by atomic mass is 16.1. The Morgan fingerprint density at radius 3 is 2.89 bits per heavy atom. The summed E-state index contributed by atoms with van der Waals surface area (Å²) in [5.74, 6) is 1.34. The summed E-state index contributed by atoms with van der Waals surface area (Å²) in [6, 6.07) is 3.58. The fourth-order valence-electron chi connectivity index (χ4n) is 2.63. The van der Waals surface area contributed by atoms with Crippen LogP contribution in [0.25, 0.3) is 0 Å². The SMILES string of the molecule is Cc1ccc(C(N)=O)c(N2CCC(C)C(CN)C2)n1. The second-order valence-corrected chi connectivity index (χ2v) is 5.40. The van der Waals surface area contributed by atoms with E-state index in [1.807, 2.05) is 13.0 Å². The van der Waals surface area contributed by atoms with Crippen LogP contribution in [0.1, 0.15) is 29.4 Å². The zero-order valence-electron chi connectivity index (χ0n) is 11.6. The molecule has 0 aromatic carbocycles. The Labute approximate surface area is 114 Å². The van der Waals surface area contributed by atoms with E-state index in [-0.39, 0.29) is 0 Å². The zero-order valence-corrected chi connectivity index (χ0v) is 11.6. The Morgan fingerprint density at radius 1 is 1.53 bits per heavy atom. The first-order valence-corrected chi connectivity index (χ1v) is 6.75. The number of hydrogen-bond donors (Lipinski definition) is 2. The average molecular weight is 262 g/mol. The number of carbonyl (C=O) groups is 1. The quantitative estimate of drug-likeness (QED) is 0.848. The van der Waals surface area contributed by atoms with Gasteiger partial charge >= 0.3 is 0 Å². The van der Waals surface area contributed by atoms with Crippen molar-refractivity contribution in [1.29, 1.82) is 0 Å². The van der Waals surface area contributed by atoms with Gasteiger partial charge in [-0.3, -0.25) is 4.79 Å². The van der Waals surface area contributed by atoms with Gasteiger partial charge in [-0.25, -0.2) is 4.98 Å². The molecule has 4 N–H and O–H groups in total. The molecular formula is C14H22N4O. The minimum absolute atomic E-state index is 0.426. The first kappa shape index (κ1) is 13.8. The molecule has 1 fully saturated rings. The number of hydrogen-bond acceptors (Lipinski definition) is 4. The Kier molecular flexibility index (Phi) is 4.04. The van der Waals surface area contributed by atoms with Crippen LogP contribution in [0.4, 0.5) is 5.82 Å². The van der Waals surface area contributed by atoms with E-state index >= 15 is 0 Å². The van der Waals surface area contributed by atoms with E-state index in [1.54, 1.807) is 6.07 Å². The van der Waals surface area contributed by atoms with E-state index in [9.17, 15) is 4.79 Å². The molecule has 1 aliphatic heterocycles. The molecule has 1 aromatic rings. The van der Waals surface area contributed by atoms with Gasteiger partial charge in [-0.05, 0) is 43.9 Å². The van der Waals surface area contributed by atoms with Gasteiger partial charge in [0.25, 0.3) is 5.91 Å². The van der Waals surface area contributed by atoms with Crippen molar-refractivity contribution in [3.63, 3.8) is 0 Å². The van der Waals surface area contributed by atoms with Crippen LogP contribution in [0.3, 0.4) is 0 Å². The van der Waals surface area contributed by atoms with Crippen molar-refractivity contribution in [2.75, 3.05) is 24.5 Å². The van der Waals surface area contributed by atoms with Gasteiger partial charge in [0, 0.05) is 18.8 Å². The lowest BCUT2D eigenvalue weighted by Crippen LogP contribution is -2.43. The number of anilines is 1. The molecule has 0 spiro atoms. The molecule has 2 rings (SSSR count). The minimum atomic E-state index is -0.426. The van der Waals surface area contributed by atoms with Crippen LogP contribution < -0.4 is 16.4 Å². The van der Waals surface area contributed by atoms with Gasteiger partial charge in [-0.2, -0.15) is 0 Å². The maximum Gasteiger partial charge on any atom is 0.252 e. The number of nitrogens with two attached hydrogens (primary N) is 2. The number of aryl methyl sites for hydroxylation is 1. The van der Waals surface area contributed by atoms with Crippen LogP contribution in [-0.2, 0) is 0 Å². The van der Waals surface area contributed by atoms with Crippen molar-refractivity contribution >= 4 is 11.7 Å². The van der Waals surface area contributed by atoms with Crippen LogP contribution in [0.15, 0.2) is 12.1 Å². The van der Waals surface area contributed by atoms with Gasteiger partial charge < -0.3 is 16.4 Å². The molecule has 19 heavy (non-hydrogen) atoms. The molecular weight excluding hydrogens is 240 g/mol. The molecule has 0 aliphatic carbocycles. The number of primary amides is 1. The van der Waals surface area contributed by atoms with Crippen molar-refractivity contribution < 1.29 is 4.79 Å². The van der Waals surface area contributed by atoms with Gasteiger partial charge in [-0.15, -0.1) is 0 Å². The number of nitrogens with zero attached hydrogens (tertiary/aromatic N) is 2. The number of amides is 1. The first-order chi connectivity index (χ1) is 9.02. The van der Waals surface area contributed by atoms with E-state index in [4.69, 9.17) is 11.5 Å². The minimum Gasteiger partial charge on any atom is -0.365 e. The third-order valence-corrected chi connectivity index (χ3v) is 4.00. The average Bonchev–Trinajstić information content (AvgIpc) is 2.38. The molecule has 2 heterocycles. The van der Waals surface area contributed by atoms with Crippen LogP contribution in [0, 0.1) is 18.8 Å². The Bertz CT molecular complexity index is 475. The Morgan fingerprint density at radius 2 is 2.26 bits per heavy atom. The van der Waals surface area contributed by atoms with Crippen molar-refractivity contribution in [1.82, 2.24) is 4.98 Å². The molecule has 1 amide bonds. The summed E-state index contributed by atoms with van der Waals surface area (Å²) >= 11 is 0. The maximum atomic E-state index is 11.5. The number of aromatic nitrogens is 1. The van der Waals surface area contributed by atoms with Gasteiger partial charge in [0.2, 0.25) is 0 Å². The fourth-order valence-corrected chi connectivity index (χ4v) is 2.63. The molecule has 5 nitrogen and oxygen atoms in total. The number of rotatable bonds is 3. The third-order valence-electron chi connectivity index (χ3n) is 4.00. The second-order valence-electron chi connectivity index (χ2n) is 5.40. The third kappa shape index (κ3) is 2.87. The predicted octanol–water partition coefficient (Wildman–Crippen LogP) is 0.910.